The number of aromatic nitrogens is 2. The molecule has 0 bridgehead atoms. The minimum absolute atomic E-state index is 0.0272. The van der Waals surface area contributed by atoms with E-state index < -0.39 is 6.10 Å². The van der Waals surface area contributed by atoms with Gasteiger partial charge >= 0.3 is 0 Å². The van der Waals surface area contributed by atoms with Gasteiger partial charge in [0, 0.05) is 24.1 Å². The molecule has 3 rings (SSSR count). The van der Waals surface area contributed by atoms with Gasteiger partial charge in [0.05, 0.1) is 24.6 Å². The van der Waals surface area contributed by atoms with Crippen molar-refractivity contribution in [1.29, 1.82) is 0 Å². The van der Waals surface area contributed by atoms with Crippen LogP contribution in [0, 0.1) is 5.92 Å². The fraction of sp³-hybridized carbons (Fsp3) is 0.700. The van der Waals surface area contributed by atoms with E-state index in [4.69, 9.17) is 9.72 Å². The highest BCUT2D eigenvalue weighted by molar-refractivity contribution is 7.18. The van der Waals surface area contributed by atoms with Crippen molar-refractivity contribution >= 4 is 21.6 Å². The van der Waals surface area contributed by atoms with Gasteiger partial charge < -0.3 is 14.8 Å². The average molecular weight is 394 g/mol. The maximum Gasteiger partial charge on any atom is 0.259 e. The third kappa shape index (κ3) is 4.77. The number of aliphatic hydroxyl groups is 1. The summed E-state index contributed by atoms with van der Waals surface area (Å²) in [4.78, 5) is 24.8. The lowest BCUT2D eigenvalue weighted by Gasteiger charge is -2.28. The normalized spacial score (nSPS) is 18.4. The van der Waals surface area contributed by atoms with Crippen LogP contribution in [0.2, 0.25) is 0 Å². The molecule has 2 unspecified atom stereocenters. The van der Waals surface area contributed by atoms with Crippen LogP contribution in [0.3, 0.4) is 0 Å². The number of aliphatic hydroxyl groups excluding tert-OH is 1. The molecule has 2 atom stereocenters. The summed E-state index contributed by atoms with van der Waals surface area (Å²) in [6.07, 6.45) is 2.60. The number of thiophene rings is 1. The van der Waals surface area contributed by atoms with Crippen LogP contribution in [-0.2, 0) is 24.1 Å². The van der Waals surface area contributed by atoms with Crippen LogP contribution in [0.1, 0.15) is 50.4 Å². The smallest absolute Gasteiger partial charge is 0.259 e. The number of nitrogens with zero attached hydrogens (tertiary/aromatic N) is 2. The molecule has 0 spiro atoms. The fourth-order valence-electron chi connectivity index (χ4n) is 3.70. The second-order valence-electron chi connectivity index (χ2n) is 7.88. The van der Waals surface area contributed by atoms with E-state index in [-0.39, 0.29) is 11.6 Å². The Balaban J connectivity index is 1.82. The van der Waals surface area contributed by atoms with E-state index in [0.29, 0.717) is 38.0 Å². The third-order valence-electron chi connectivity index (χ3n) is 5.26. The molecule has 6 nitrogen and oxygen atoms in total. The lowest BCUT2D eigenvalue weighted by molar-refractivity contribution is 0.0127. The van der Waals surface area contributed by atoms with Crippen LogP contribution in [0.4, 0.5) is 0 Å². The Bertz CT molecular complexity index is 830. The first-order chi connectivity index (χ1) is 12.9. The van der Waals surface area contributed by atoms with Crippen molar-refractivity contribution in [2.24, 2.45) is 5.92 Å². The zero-order chi connectivity index (χ0) is 19.6. The van der Waals surface area contributed by atoms with E-state index in [1.165, 1.54) is 10.4 Å². The molecule has 1 aliphatic carbocycles. The number of rotatable bonds is 8. The Labute approximate surface area is 164 Å². The van der Waals surface area contributed by atoms with E-state index in [9.17, 15) is 9.90 Å². The van der Waals surface area contributed by atoms with Gasteiger partial charge in [-0.15, -0.1) is 11.3 Å². The number of aryl methyl sites for hydroxylation is 1. The summed E-state index contributed by atoms with van der Waals surface area (Å²) in [7, 11) is 0. The van der Waals surface area contributed by atoms with Crippen molar-refractivity contribution in [3.8, 4) is 0 Å². The first-order valence-corrected chi connectivity index (χ1v) is 10.7. The first kappa shape index (κ1) is 20.5. The Kier molecular flexibility index (Phi) is 6.68. The van der Waals surface area contributed by atoms with Crippen molar-refractivity contribution in [2.45, 2.75) is 65.6 Å². The Morgan fingerprint density at radius 3 is 2.93 bits per heavy atom. The van der Waals surface area contributed by atoms with E-state index >= 15 is 0 Å². The van der Waals surface area contributed by atoms with E-state index in [1.54, 1.807) is 11.3 Å². The van der Waals surface area contributed by atoms with Gasteiger partial charge in [-0.3, -0.25) is 9.69 Å². The van der Waals surface area contributed by atoms with Gasteiger partial charge in [-0.05, 0) is 51.5 Å². The summed E-state index contributed by atoms with van der Waals surface area (Å²) >= 11 is 1.67. The standard InChI is InChI=1S/C20H31N3O3S/c1-5-26-11-14(24)9-23(12(2)3)10-17-21-19(25)18-15-7-6-13(4)8-16(15)27-20(18)22-17/h12-14,24H,5-11H2,1-4H3,(H,21,22,25). The second kappa shape index (κ2) is 8.82. The molecule has 0 aliphatic heterocycles. The van der Waals surface area contributed by atoms with E-state index in [0.717, 1.165) is 29.5 Å². The number of ether oxygens (including phenoxy) is 1. The molecule has 7 heteroatoms. The van der Waals surface area contributed by atoms with Gasteiger partial charge in [-0.1, -0.05) is 6.92 Å². The minimum Gasteiger partial charge on any atom is -0.389 e. The second-order valence-corrected chi connectivity index (χ2v) is 8.96. The number of hydrogen-bond acceptors (Lipinski definition) is 6. The average Bonchev–Trinajstić information content (AvgIpc) is 2.96. The molecule has 2 heterocycles. The third-order valence-corrected chi connectivity index (χ3v) is 6.41. The highest BCUT2D eigenvalue weighted by atomic mass is 32.1. The lowest BCUT2D eigenvalue weighted by Crippen LogP contribution is -2.39. The highest BCUT2D eigenvalue weighted by Gasteiger charge is 2.24. The lowest BCUT2D eigenvalue weighted by atomic mass is 9.89. The molecule has 27 heavy (non-hydrogen) atoms. The van der Waals surface area contributed by atoms with Crippen LogP contribution in [0.15, 0.2) is 4.79 Å². The maximum atomic E-state index is 12.8. The van der Waals surface area contributed by atoms with Gasteiger partial charge in [0.2, 0.25) is 0 Å². The van der Waals surface area contributed by atoms with Crippen LogP contribution in [0.5, 0.6) is 0 Å². The largest absolute Gasteiger partial charge is 0.389 e. The fourth-order valence-corrected chi connectivity index (χ4v) is 5.10. The summed E-state index contributed by atoms with van der Waals surface area (Å²) in [6.45, 7) is 10.2. The molecule has 0 aromatic carbocycles. The van der Waals surface area contributed by atoms with Gasteiger partial charge in [-0.25, -0.2) is 4.98 Å². The zero-order valence-corrected chi connectivity index (χ0v) is 17.6. The molecule has 2 N–H and O–H groups in total. The summed E-state index contributed by atoms with van der Waals surface area (Å²) in [5.74, 6) is 1.34. The van der Waals surface area contributed by atoms with Gasteiger partial charge in [-0.2, -0.15) is 0 Å². The van der Waals surface area contributed by atoms with Gasteiger partial charge in [0.25, 0.3) is 5.56 Å². The maximum absolute atomic E-state index is 12.8. The minimum atomic E-state index is -0.557. The van der Waals surface area contributed by atoms with Crippen molar-refractivity contribution in [1.82, 2.24) is 14.9 Å². The zero-order valence-electron chi connectivity index (χ0n) is 16.7. The van der Waals surface area contributed by atoms with Crippen molar-refractivity contribution in [3.05, 3.63) is 26.6 Å². The van der Waals surface area contributed by atoms with Gasteiger partial charge in [0.15, 0.2) is 0 Å². The van der Waals surface area contributed by atoms with Crippen molar-refractivity contribution in [2.75, 3.05) is 19.8 Å². The predicted octanol–water partition coefficient (Wildman–Crippen LogP) is 2.72. The quantitative estimate of drug-likeness (QED) is 0.721. The summed E-state index contributed by atoms with van der Waals surface area (Å²) in [5, 5.41) is 11.0. The number of fused-ring (bicyclic) bond motifs is 3. The topological polar surface area (TPSA) is 78.5 Å². The number of aromatic amines is 1. The van der Waals surface area contributed by atoms with Crippen LogP contribution in [0.25, 0.3) is 10.2 Å². The summed E-state index contributed by atoms with van der Waals surface area (Å²) in [5.41, 5.74) is 1.18. The Morgan fingerprint density at radius 2 is 2.22 bits per heavy atom. The molecule has 2 aromatic rings. The van der Waals surface area contributed by atoms with Crippen LogP contribution in [-0.4, -0.2) is 51.9 Å². The molecule has 150 valence electrons. The van der Waals surface area contributed by atoms with Gasteiger partial charge in [0.1, 0.15) is 10.7 Å². The molecule has 0 amide bonds. The summed E-state index contributed by atoms with van der Waals surface area (Å²) < 4.78 is 5.31. The molecule has 0 saturated carbocycles. The molecular formula is C20H31N3O3S. The molecule has 2 aromatic heterocycles. The van der Waals surface area contributed by atoms with E-state index in [1.807, 2.05) is 6.92 Å². The van der Waals surface area contributed by atoms with Crippen LogP contribution >= 0.6 is 11.3 Å². The highest BCUT2D eigenvalue weighted by Crippen LogP contribution is 2.35. The van der Waals surface area contributed by atoms with Crippen LogP contribution < -0.4 is 5.56 Å². The van der Waals surface area contributed by atoms with E-state index in [2.05, 4.69) is 30.7 Å². The molecular weight excluding hydrogens is 362 g/mol. The number of nitrogens with one attached hydrogen (secondary N) is 1. The Morgan fingerprint density at radius 1 is 1.44 bits per heavy atom. The molecule has 0 fully saturated rings. The SMILES string of the molecule is CCOCC(O)CN(Cc1nc2sc3c(c2c(=O)[nH]1)CCC(C)C3)C(C)C. The first-order valence-electron chi connectivity index (χ1n) is 9.92. The molecule has 1 aliphatic rings. The predicted molar refractivity (Wildman–Crippen MR) is 109 cm³/mol. The van der Waals surface area contributed by atoms with Crippen molar-refractivity contribution < 1.29 is 9.84 Å². The number of H-pyrrole nitrogens is 1. The molecule has 0 saturated heterocycles. The Hall–Kier alpha value is -1.28. The monoisotopic (exact) mass is 393 g/mol. The van der Waals surface area contributed by atoms with Crippen molar-refractivity contribution in [3.63, 3.8) is 0 Å². The number of hydrogen-bond donors (Lipinski definition) is 2. The molecule has 0 radical (unpaired) electrons. The summed E-state index contributed by atoms with van der Waals surface area (Å²) in [6, 6.07) is 0.222.